The number of amides is 1. The highest BCUT2D eigenvalue weighted by atomic mass is 16.5. The second kappa shape index (κ2) is 6.02. The molecule has 0 aliphatic rings. The van der Waals surface area contributed by atoms with Crippen molar-refractivity contribution in [2.45, 2.75) is 6.61 Å². The minimum absolute atomic E-state index is 0.0527. The number of nitrogens with one attached hydrogen (secondary N) is 1. The molecule has 2 rings (SSSR count). The van der Waals surface area contributed by atoms with E-state index in [1.165, 1.54) is 0 Å². The number of aliphatic hydroxyl groups is 1. The maximum atomic E-state index is 12.1. The van der Waals surface area contributed by atoms with E-state index in [0.717, 1.165) is 5.56 Å². The molecular weight excluding hydrogens is 242 g/mol. The SMILES string of the molecule is COc1cccc(C(=O)Nc2cccc(CO)c2)c1. The molecule has 0 unspecified atom stereocenters. The quantitative estimate of drug-likeness (QED) is 0.884. The number of aliphatic hydroxyl groups excluding tert-OH is 1. The van der Waals surface area contributed by atoms with Crippen molar-refractivity contribution in [1.29, 1.82) is 0 Å². The van der Waals surface area contributed by atoms with Gasteiger partial charge in [0.05, 0.1) is 13.7 Å². The standard InChI is InChI=1S/C15H15NO3/c1-19-14-7-3-5-12(9-14)15(18)16-13-6-2-4-11(8-13)10-17/h2-9,17H,10H2,1H3,(H,16,18). The summed E-state index contributed by atoms with van der Waals surface area (Å²) < 4.78 is 5.08. The van der Waals surface area contributed by atoms with E-state index in [-0.39, 0.29) is 12.5 Å². The number of hydrogen-bond acceptors (Lipinski definition) is 3. The topological polar surface area (TPSA) is 58.6 Å². The van der Waals surface area contributed by atoms with Crippen LogP contribution in [0.2, 0.25) is 0 Å². The van der Waals surface area contributed by atoms with Gasteiger partial charge in [-0.05, 0) is 35.9 Å². The molecule has 0 fully saturated rings. The van der Waals surface area contributed by atoms with Gasteiger partial charge in [-0.15, -0.1) is 0 Å². The summed E-state index contributed by atoms with van der Waals surface area (Å²) >= 11 is 0. The fourth-order valence-corrected chi connectivity index (χ4v) is 1.72. The van der Waals surface area contributed by atoms with Crippen LogP contribution in [-0.2, 0) is 6.61 Å². The predicted octanol–water partition coefficient (Wildman–Crippen LogP) is 2.44. The van der Waals surface area contributed by atoms with Gasteiger partial charge in [0.15, 0.2) is 0 Å². The van der Waals surface area contributed by atoms with Crippen molar-refractivity contribution >= 4 is 11.6 Å². The van der Waals surface area contributed by atoms with Crippen LogP contribution in [0.5, 0.6) is 5.75 Å². The molecule has 2 N–H and O–H groups in total. The molecular formula is C15H15NO3. The van der Waals surface area contributed by atoms with Gasteiger partial charge in [-0.3, -0.25) is 4.79 Å². The Labute approximate surface area is 111 Å². The van der Waals surface area contributed by atoms with Crippen molar-refractivity contribution in [3.8, 4) is 5.75 Å². The molecule has 4 heteroatoms. The Morgan fingerprint density at radius 1 is 1.21 bits per heavy atom. The van der Waals surface area contributed by atoms with Gasteiger partial charge in [0.25, 0.3) is 5.91 Å². The fourth-order valence-electron chi connectivity index (χ4n) is 1.72. The van der Waals surface area contributed by atoms with Crippen LogP contribution in [0.15, 0.2) is 48.5 Å². The molecule has 0 saturated carbocycles. The van der Waals surface area contributed by atoms with Gasteiger partial charge in [-0.25, -0.2) is 0 Å². The van der Waals surface area contributed by atoms with Gasteiger partial charge in [-0.2, -0.15) is 0 Å². The molecule has 0 aromatic heterocycles. The lowest BCUT2D eigenvalue weighted by Gasteiger charge is -2.07. The van der Waals surface area contributed by atoms with Crippen molar-refractivity contribution in [3.63, 3.8) is 0 Å². The van der Waals surface area contributed by atoms with Crippen LogP contribution >= 0.6 is 0 Å². The van der Waals surface area contributed by atoms with E-state index >= 15 is 0 Å². The number of ether oxygens (including phenoxy) is 1. The third-order valence-electron chi connectivity index (χ3n) is 2.70. The van der Waals surface area contributed by atoms with Crippen molar-refractivity contribution in [1.82, 2.24) is 0 Å². The van der Waals surface area contributed by atoms with Crippen molar-refractivity contribution in [2.75, 3.05) is 12.4 Å². The lowest BCUT2D eigenvalue weighted by Crippen LogP contribution is -2.12. The number of carbonyl (C=O) groups excluding carboxylic acids is 1. The first kappa shape index (κ1) is 13.1. The number of benzene rings is 2. The number of anilines is 1. The molecule has 1 amide bonds. The Bertz CT molecular complexity index is 581. The number of hydrogen-bond donors (Lipinski definition) is 2. The van der Waals surface area contributed by atoms with E-state index in [0.29, 0.717) is 17.0 Å². The Kier molecular flexibility index (Phi) is 4.15. The Hall–Kier alpha value is -2.33. The molecule has 0 radical (unpaired) electrons. The molecule has 2 aromatic rings. The van der Waals surface area contributed by atoms with Crippen LogP contribution in [0.4, 0.5) is 5.69 Å². The molecule has 0 heterocycles. The zero-order chi connectivity index (χ0) is 13.7. The number of rotatable bonds is 4. The lowest BCUT2D eigenvalue weighted by molar-refractivity contribution is 0.102. The van der Waals surface area contributed by atoms with E-state index in [4.69, 9.17) is 9.84 Å². The largest absolute Gasteiger partial charge is 0.497 e. The molecule has 98 valence electrons. The van der Waals surface area contributed by atoms with Crippen LogP contribution in [0.3, 0.4) is 0 Å². The monoisotopic (exact) mass is 257 g/mol. The third kappa shape index (κ3) is 3.33. The smallest absolute Gasteiger partial charge is 0.255 e. The first-order valence-electron chi connectivity index (χ1n) is 5.88. The zero-order valence-corrected chi connectivity index (χ0v) is 10.6. The molecule has 19 heavy (non-hydrogen) atoms. The second-order valence-electron chi connectivity index (χ2n) is 4.04. The third-order valence-corrected chi connectivity index (χ3v) is 2.70. The molecule has 0 aliphatic heterocycles. The maximum Gasteiger partial charge on any atom is 0.255 e. The van der Waals surface area contributed by atoms with E-state index in [2.05, 4.69) is 5.32 Å². The summed E-state index contributed by atoms with van der Waals surface area (Å²) in [4.78, 5) is 12.1. The molecule has 0 aliphatic carbocycles. The highest BCUT2D eigenvalue weighted by molar-refractivity contribution is 6.04. The van der Waals surface area contributed by atoms with Crippen LogP contribution in [-0.4, -0.2) is 18.1 Å². The molecule has 0 spiro atoms. The summed E-state index contributed by atoms with van der Waals surface area (Å²) in [5, 5.41) is 11.8. The van der Waals surface area contributed by atoms with Gasteiger partial charge < -0.3 is 15.2 Å². The van der Waals surface area contributed by atoms with Gasteiger partial charge in [0.2, 0.25) is 0 Å². The molecule has 0 bridgehead atoms. The zero-order valence-electron chi connectivity index (χ0n) is 10.6. The summed E-state index contributed by atoms with van der Waals surface area (Å²) in [7, 11) is 1.56. The van der Waals surface area contributed by atoms with Gasteiger partial charge in [0, 0.05) is 11.3 Å². The minimum atomic E-state index is -0.214. The highest BCUT2D eigenvalue weighted by Gasteiger charge is 2.07. The lowest BCUT2D eigenvalue weighted by atomic mass is 10.1. The summed E-state index contributed by atoms with van der Waals surface area (Å²) in [6.07, 6.45) is 0. The Morgan fingerprint density at radius 2 is 2.00 bits per heavy atom. The average Bonchev–Trinajstić information content (AvgIpc) is 2.47. The summed E-state index contributed by atoms with van der Waals surface area (Å²) in [5.74, 6) is 0.422. The predicted molar refractivity (Wildman–Crippen MR) is 73.3 cm³/mol. The van der Waals surface area contributed by atoms with Crippen molar-refractivity contribution in [2.24, 2.45) is 0 Å². The first-order chi connectivity index (χ1) is 9.22. The second-order valence-corrected chi connectivity index (χ2v) is 4.04. The highest BCUT2D eigenvalue weighted by Crippen LogP contribution is 2.15. The van der Waals surface area contributed by atoms with Crippen LogP contribution < -0.4 is 10.1 Å². The first-order valence-corrected chi connectivity index (χ1v) is 5.88. The van der Waals surface area contributed by atoms with E-state index in [9.17, 15) is 4.79 Å². The maximum absolute atomic E-state index is 12.1. The molecule has 0 atom stereocenters. The van der Waals surface area contributed by atoms with Crippen LogP contribution in [0, 0.1) is 0 Å². The Balaban J connectivity index is 2.15. The van der Waals surface area contributed by atoms with Gasteiger partial charge in [-0.1, -0.05) is 18.2 Å². The summed E-state index contributed by atoms with van der Waals surface area (Å²) in [5.41, 5.74) is 1.93. The van der Waals surface area contributed by atoms with E-state index in [1.807, 2.05) is 0 Å². The molecule has 0 saturated heterocycles. The van der Waals surface area contributed by atoms with Crippen LogP contribution in [0.1, 0.15) is 15.9 Å². The van der Waals surface area contributed by atoms with Crippen LogP contribution in [0.25, 0.3) is 0 Å². The van der Waals surface area contributed by atoms with Crippen molar-refractivity contribution < 1.29 is 14.6 Å². The number of carbonyl (C=O) groups is 1. The van der Waals surface area contributed by atoms with E-state index < -0.39 is 0 Å². The molecule has 2 aromatic carbocycles. The minimum Gasteiger partial charge on any atom is -0.497 e. The Morgan fingerprint density at radius 3 is 2.74 bits per heavy atom. The molecule has 4 nitrogen and oxygen atoms in total. The van der Waals surface area contributed by atoms with Gasteiger partial charge in [0.1, 0.15) is 5.75 Å². The summed E-state index contributed by atoms with van der Waals surface area (Å²) in [6, 6.07) is 14.0. The van der Waals surface area contributed by atoms with E-state index in [1.54, 1.807) is 55.6 Å². The normalized spacial score (nSPS) is 10.0. The summed E-state index contributed by atoms with van der Waals surface area (Å²) in [6.45, 7) is -0.0527. The average molecular weight is 257 g/mol. The number of methoxy groups -OCH3 is 1. The fraction of sp³-hybridized carbons (Fsp3) is 0.133. The van der Waals surface area contributed by atoms with Crippen molar-refractivity contribution in [3.05, 3.63) is 59.7 Å². The van der Waals surface area contributed by atoms with Gasteiger partial charge >= 0.3 is 0 Å².